The lowest BCUT2D eigenvalue weighted by atomic mass is 9.97. The van der Waals surface area contributed by atoms with Gasteiger partial charge in [0.1, 0.15) is 17.5 Å². The van der Waals surface area contributed by atoms with Crippen LogP contribution in [-0.2, 0) is 4.79 Å². The van der Waals surface area contributed by atoms with Crippen LogP contribution in [0.2, 0.25) is 0 Å². The zero-order valence-electron chi connectivity index (χ0n) is 10.7. The highest BCUT2D eigenvalue weighted by Crippen LogP contribution is 2.34. The summed E-state index contributed by atoms with van der Waals surface area (Å²) in [5, 5.41) is 10.7. The molecule has 0 radical (unpaired) electrons. The van der Waals surface area contributed by atoms with Crippen molar-refractivity contribution in [1.29, 1.82) is 0 Å². The van der Waals surface area contributed by atoms with Gasteiger partial charge in [-0.3, -0.25) is 4.79 Å². The van der Waals surface area contributed by atoms with Crippen molar-refractivity contribution in [2.24, 2.45) is 5.73 Å². The van der Waals surface area contributed by atoms with Gasteiger partial charge in [0.2, 0.25) is 0 Å². The molecule has 5 heteroatoms. The SMILES string of the molecule is COc1ccc2ccc(OC)c(C(N)C(=O)O)c2c1. The number of hydrogen-bond acceptors (Lipinski definition) is 4. The number of nitrogens with two attached hydrogens (primary N) is 1. The van der Waals surface area contributed by atoms with E-state index in [0.717, 1.165) is 5.39 Å². The Balaban J connectivity index is 2.77. The third-order valence-electron chi connectivity index (χ3n) is 3.03. The van der Waals surface area contributed by atoms with Gasteiger partial charge in [0, 0.05) is 5.56 Å². The van der Waals surface area contributed by atoms with Gasteiger partial charge in [0.15, 0.2) is 0 Å². The molecule has 0 aliphatic rings. The van der Waals surface area contributed by atoms with E-state index in [0.29, 0.717) is 22.4 Å². The number of benzene rings is 2. The van der Waals surface area contributed by atoms with E-state index in [2.05, 4.69) is 0 Å². The van der Waals surface area contributed by atoms with Crippen molar-refractivity contribution < 1.29 is 19.4 Å². The molecule has 2 rings (SSSR count). The average Bonchev–Trinajstić information content (AvgIpc) is 2.44. The average molecular weight is 261 g/mol. The van der Waals surface area contributed by atoms with E-state index >= 15 is 0 Å². The van der Waals surface area contributed by atoms with Gasteiger partial charge in [-0.15, -0.1) is 0 Å². The molecule has 0 spiro atoms. The molecular weight excluding hydrogens is 246 g/mol. The van der Waals surface area contributed by atoms with E-state index in [4.69, 9.17) is 20.3 Å². The van der Waals surface area contributed by atoms with Crippen molar-refractivity contribution >= 4 is 16.7 Å². The first-order chi connectivity index (χ1) is 9.08. The molecule has 0 fully saturated rings. The molecule has 3 N–H and O–H groups in total. The fraction of sp³-hybridized carbons (Fsp3) is 0.214. The third kappa shape index (κ3) is 2.32. The van der Waals surface area contributed by atoms with Crippen LogP contribution < -0.4 is 15.2 Å². The monoisotopic (exact) mass is 261 g/mol. The Hall–Kier alpha value is -2.27. The maximum Gasteiger partial charge on any atom is 0.325 e. The van der Waals surface area contributed by atoms with Crippen LogP contribution in [-0.4, -0.2) is 25.3 Å². The van der Waals surface area contributed by atoms with Crippen LogP contribution >= 0.6 is 0 Å². The number of aliphatic carboxylic acids is 1. The smallest absolute Gasteiger partial charge is 0.325 e. The highest BCUT2D eigenvalue weighted by atomic mass is 16.5. The lowest BCUT2D eigenvalue weighted by molar-refractivity contribution is -0.138. The van der Waals surface area contributed by atoms with Gasteiger partial charge in [-0.25, -0.2) is 0 Å². The lowest BCUT2D eigenvalue weighted by Crippen LogP contribution is -2.21. The summed E-state index contributed by atoms with van der Waals surface area (Å²) in [6.45, 7) is 0. The maximum absolute atomic E-state index is 11.2. The summed E-state index contributed by atoms with van der Waals surface area (Å²) in [5.74, 6) is -0.0103. The molecule has 19 heavy (non-hydrogen) atoms. The molecule has 0 saturated heterocycles. The highest BCUT2D eigenvalue weighted by Gasteiger charge is 2.22. The van der Waals surface area contributed by atoms with E-state index < -0.39 is 12.0 Å². The number of carboxylic acid groups (broad SMARTS) is 1. The van der Waals surface area contributed by atoms with Crippen molar-refractivity contribution in [1.82, 2.24) is 0 Å². The van der Waals surface area contributed by atoms with E-state index in [-0.39, 0.29) is 0 Å². The second kappa shape index (κ2) is 5.16. The summed E-state index contributed by atoms with van der Waals surface area (Å²) in [4.78, 5) is 11.2. The van der Waals surface area contributed by atoms with Crippen molar-refractivity contribution in [3.05, 3.63) is 35.9 Å². The van der Waals surface area contributed by atoms with Gasteiger partial charge < -0.3 is 20.3 Å². The van der Waals surface area contributed by atoms with Gasteiger partial charge in [-0.05, 0) is 29.0 Å². The Morgan fingerprint density at radius 2 is 1.89 bits per heavy atom. The number of carbonyl (C=O) groups is 1. The van der Waals surface area contributed by atoms with E-state index in [1.807, 2.05) is 18.2 Å². The van der Waals surface area contributed by atoms with Gasteiger partial charge in [0.05, 0.1) is 14.2 Å². The minimum Gasteiger partial charge on any atom is -0.497 e. The Kier molecular flexibility index (Phi) is 3.57. The zero-order valence-corrected chi connectivity index (χ0v) is 10.7. The summed E-state index contributed by atoms with van der Waals surface area (Å²) in [6.07, 6.45) is 0. The maximum atomic E-state index is 11.2. The Morgan fingerprint density at radius 3 is 2.47 bits per heavy atom. The molecular formula is C14H15NO4. The van der Waals surface area contributed by atoms with Gasteiger partial charge in [-0.2, -0.15) is 0 Å². The van der Waals surface area contributed by atoms with Crippen molar-refractivity contribution in [3.63, 3.8) is 0 Å². The number of carboxylic acids is 1. The summed E-state index contributed by atoms with van der Waals surface area (Å²) < 4.78 is 10.4. The third-order valence-corrected chi connectivity index (χ3v) is 3.03. The van der Waals surface area contributed by atoms with E-state index in [1.54, 1.807) is 19.2 Å². The molecule has 100 valence electrons. The van der Waals surface area contributed by atoms with Crippen LogP contribution in [0.25, 0.3) is 10.8 Å². The molecule has 0 saturated carbocycles. The van der Waals surface area contributed by atoms with E-state index in [1.165, 1.54) is 7.11 Å². The first-order valence-electron chi connectivity index (χ1n) is 5.71. The van der Waals surface area contributed by atoms with Gasteiger partial charge >= 0.3 is 5.97 Å². The van der Waals surface area contributed by atoms with Crippen LogP contribution in [0.15, 0.2) is 30.3 Å². The lowest BCUT2D eigenvalue weighted by Gasteiger charge is -2.15. The molecule has 2 aromatic carbocycles. The molecule has 0 amide bonds. The number of fused-ring (bicyclic) bond motifs is 1. The highest BCUT2D eigenvalue weighted by molar-refractivity contribution is 5.93. The number of methoxy groups -OCH3 is 2. The molecule has 0 aliphatic carbocycles. The molecule has 1 atom stereocenters. The summed E-state index contributed by atoms with van der Waals surface area (Å²) in [6, 6.07) is 7.84. The Morgan fingerprint density at radius 1 is 1.21 bits per heavy atom. The molecule has 0 aliphatic heterocycles. The predicted octanol–water partition coefficient (Wildman–Crippen LogP) is 1.94. The van der Waals surface area contributed by atoms with Crippen LogP contribution in [0.1, 0.15) is 11.6 Å². The fourth-order valence-corrected chi connectivity index (χ4v) is 2.05. The molecule has 5 nitrogen and oxygen atoms in total. The van der Waals surface area contributed by atoms with Crippen LogP contribution in [0.4, 0.5) is 0 Å². The number of rotatable bonds is 4. The van der Waals surface area contributed by atoms with Gasteiger partial charge in [0.25, 0.3) is 0 Å². The summed E-state index contributed by atoms with van der Waals surface area (Å²) >= 11 is 0. The first-order valence-corrected chi connectivity index (χ1v) is 5.71. The van der Waals surface area contributed by atoms with Crippen molar-refractivity contribution in [2.75, 3.05) is 14.2 Å². The standard InChI is InChI=1S/C14H15NO4/c1-18-9-5-3-8-4-6-11(19-2)12(10(8)7-9)13(15)14(16)17/h3-7,13H,15H2,1-2H3,(H,16,17). The normalized spacial score (nSPS) is 12.2. The molecule has 0 heterocycles. The zero-order chi connectivity index (χ0) is 14.0. The van der Waals surface area contributed by atoms with Crippen LogP contribution in [0.3, 0.4) is 0 Å². The topological polar surface area (TPSA) is 81.8 Å². The minimum absolute atomic E-state index is 0.450. The van der Waals surface area contributed by atoms with Crippen LogP contribution in [0.5, 0.6) is 11.5 Å². The molecule has 1 unspecified atom stereocenters. The molecule has 2 aromatic rings. The molecule has 0 aromatic heterocycles. The quantitative estimate of drug-likeness (QED) is 0.879. The Labute approximate surface area is 110 Å². The first kappa shape index (κ1) is 13.2. The second-order valence-electron chi connectivity index (χ2n) is 4.08. The Bertz CT molecular complexity index is 619. The largest absolute Gasteiger partial charge is 0.497 e. The summed E-state index contributed by atoms with van der Waals surface area (Å²) in [7, 11) is 3.04. The number of hydrogen-bond donors (Lipinski definition) is 2. The molecule has 0 bridgehead atoms. The second-order valence-corrected chi connectivity index (χ2v) is 4.08. The van der Waals surface area contributed by atoms with Crippen molar-refractivity contribution in [3.8, 4) is 11.5 Å². The predicted molar refractivity (Wildman–Crippen MR) is 71.6 cm³/mol. The van der Waals surface area contributed by atoms with Crippen molar-refractivity contribution in [2.45, 2.75) is 6.04 Å². The fourth-order valence-electron chi connectivity index (χ4n) is 2.05. The minimum atomic E-state index is -1.15. The number of ether oxygens (including phenoxy) is 2. The van der Waals surface area contributed by atoms with Gasteiger partial charge in [-0.1, -0.05) is 12.1 Å². The summed E-state index contributed by atoms with van der Waals surface area (Å²) in [5.41, 5.74) is 6.20. The van der Waals surface area contributed by atoms with Crippen LogP contribution in [0, 0.1) is 0 Å². The van der Waals surface area contributed by atoms with E-state index in [9.17, 15) is 4.79 Å².